The molecular formula is C16H14N4O2S. The molecule has 7 heteroatoms. The van der Waals surface area contributed by atoms with Crippen LogP contribution in [0.2, 0.25) is 0 Å². The number of thiazole rings is 1. The third kappa shape index (κ3) is 2.89. The van der Waals surface area contributed by atoms with Crippen molar-refractivity contribution >= 4 is 27.5 Å². The Hall–Kier alpha value is -2.85. The van der Waals surface area contributed by atoms with Crippen LogP contribution < -0.4 is 9.54 Å². The second-order valence-corrected chi connectivity index (χ2v) is 5.81. The highest BCUT2D eigenvalue weighted by molar-refractivity contribution is 7.16. The monoisotopic (exact) mass is 326 g/mol. The average Bonchev–Trinajstić information content (AvgIpc) is 3.11. The van der Waals surface area contributed by atoms with E-state index in [2.05, 4.69) is 16.0 Å². The number of aryl methyl sites for hydroxylation is 1. The Kier molecular flexibility index (Phi) is 4.00. The smallest absolute Gasteiger partial charge is 0.300 e. The first-order chi connectivity index (χ1) is 11.1. The van der Waals surface area contributed by atoms with Gasteiger partial charge in [0.25, 0.3) is 5.91 Å². The van der Waals surface area contributed by atoms with Crippen LogP contribution in [0, 0.1) is 12.3 Å². The molecule has 0 atom stereocenters. The van der Waals surface area contributed by atoms with Gasteiger partial charge in [0, 0.05) is 13.2 Å². The summed E-state index contributed by atoms with van der Waals surface area (Å²) in [6.07, 6.45) is 7.15. The molecule has 2 heterocycles. The van der Waals surface area contributed by atoms with Gasteiger partial charge in [-0.25, -0.2) is 0 Å². The van der Waals surface area contributed by atoms with Crippen LogP contribution in [0.1, 0.15) is 10.5 Å². The third-order valence-corrected chi connectivity index (χ3v) is 4.31. The van der Waals surface area contributed by atoms with Gasteiger partial charge >= 0.3 is 0 Å². The number of rotatable bonds is 3. The van der Waals surface area contributed by atoms with Crippen LogP contribution in [-0.2, 0) is 13.6 Å². The summed E-state index contributed by atoms with van der Waals surface area (Å²) >= 11 is 1.39. The largest absolute Gasteiger partial charge is 0.497 e. The van der Waals surface area contributed by atoms with Gasteiger partial charge < -0.3 is 9.30 Å². The minimum absolute atomic E-state index is 0.301. The predicted octanol–water partition coefficient (Wildman–Crippen LogP) is 1.82. The minimum atomic E-state index is -0.394. The molecule has 0 unspecified atom stereocenters. The SMILES string of the molecule is C#CCn1c(=NC(=O)c2ccn(C)n2)sc2cc(OC)ccc21. The molecule has 2 aromatic heterocycles. The summed E-state index contributed by atoms with van der Waals surface area (Å²) in [4.78, 5) is 17.0. The predicted molar refractivity (Wildman–Crippen MR) is 88.3 cm³/mol. The van der Waals surface area contributed by atoms with Crippen molar-refractivity contribution in [2.24, 2.45) is 12.0 Å². The van der Waals surface area contributed by atoms with Gasteiger partial charge in [-0.15, -0.1) is 6.42 Å². The third-order valence-electron chi connectivity index (χ3n) is 3.27. The van der Waals surface area contributed by atoms with E-state index in [4.69, 9.17) is 11.2 Å². The van der Waals surface area contributed by atoms with E-state index in [-0.39, 0.29) is 0 Å². The van der Waals surface area contributed by atoms with Gasteiger partial charge in [0.05, 0.1) is 23.9 Å². The maximum absolute atomic E-state index is 12.3. The van der Waals surface area contributed by atoms with Crippen molar-refractivity contribution in [1.29, 1.82) is 0 Å². The van der Waals surface area contributed by atoms with E-state index in [0.29, 0.717) is 17.0 Å². The number of ether oxygens (including phenoxy) is 1. The zero-order valence-electron chi connectivity index (χ0n) is 12.7. The topological polar surface area (TPSA) is 61.4 Å². The summed E-state index contributed by atoms with van der Waals surface area (Å²) in [5.74, 6) is 2.95. The summed E-state index contributed by atoms with van der Waals surface area (Å²) in [5.41, 5.74) is 1.22. The molecule has 0 bridgehead atoms. The molecule has 6 nitrogen and oxygen atoms in total. The molecule has 0 saturated heterocycles. The Morgan fingerprint density at radius 1 is 1.48 bits per heavy atom. The maximum atomic E-state index is 12.3. The second-order valence-electron chi connectivity index (χ2n) is 4.80. The number of aromatic nitrogens is 3. The van der Waals surface area contributed by atoms with Crippen molar-refractivity contribution in [3.8, 4) is 18.1 Å². The van der Waals surface area contributed by atoms with Crippen molar-refractivity contribution in [3.05, 3.63) is 41.0 Å². The molecule has 3 aromatic rings. The zero-order chi connectivity index (χ0) is 16.4. The van der Waals surface area contributed by atoms with Gasteiger partial charge in [0.15, 0.2) is 10.5 Å². The number of fused-ring (bicyclic) bond motifs is 1. The fraction of sp³-hybridized carbons (Fsp3) is 0.188. The number of amides is 1. The van der Waals surface area contributed by atoms with Crippen molar-refractivity contribution < 1.29 is 9.53 Å². The highest BCUT2D eigenvalue weighted by Crippen LogP contribution is 2.23. The first-order valence-electron chi connectivity index (χ1n) is 6.82. The lowest BCUT2D eigenvalue weighted by Crippen LogP contribution is -2.16. The van der Waals surface area contributed by atoms with E-state index in [1.165, 1.54) is 11.3 Å². The van der Waals surface area contributed by atoms with Crippen LogP contribution in [0.5, 0.6) is 5.75 Å². The Bertz CT molecular complexity index is 988. The first-order valence-corrected chi connectivity index (χ1v) is 7.63. The van der Waals surface area contributed by atoms with Gasteiger partial charge in [-0.1, -0.05) is 17.3 Å². The number of carbonyl (C=O) groups excluding carboxylic acids is 1. The summed E-state index contributed by atoms with van der Waals surface area (Å²) in [6, 6.07) is 7.30. The molecule has 0 fully saturated rings. The molecule has 1 amide bonds. The Morgan fingerprint density at radius 2 is 2.30 bits per heavy atom. The van der Waals surface area contributed by atoms with Gasteiger partial charge in [-0.3, -0.25) is 9.48 Å². The number of hydrogen-bond acceptors (Lipinski definition) is 4. The fourth-order valence-electron chi connectivity index (χ4n) is 2.18. The highest BCUT2D eigenvalue weighted by atomic mass is 32.1. The van der Waals surface area contributed by atoms with Gasteiger partial charge in [0.1, 0.15) is 5.75 Å². The van der Waals surface area contributed by atoms with E-state index in [0.717, 1.165) is 16.0 Å². The molecular weight excluding hydrogens is 312 g/mol. The minimum Gasteiger partial charge on any atom is -0.497 e. The van der Waals surface area contributed by atoms with E-state index in [1.807, 2.05) is 22.8 Å². The average molecular weight is 326 g/mol. The zero-order valence-corrected chi connectivity index (χ0v) is 13.5. The van der Waals surface area contributed by atoms with E-state index < -0.39 is 5.91 Å². The van der Waals surface area contributed by atoms with Gasteiger partial charge in [-0.2, -0.15) is 10.1 Å². The normalized spacial score (nSPS) is 11.6. The summed E-state index contributed by atoms with van der Waals surface area (Å²) in [6.45, 7) is 0.334. The molecule has 0 spiro atoms. The summed E-state index contributed by atoms with van der Waals surface area (Å²) in [5, 5.41) is 4.07. The molecule has 3 rings (SSSR count). The summed E-state index contributed by atoms with van der Waals surface area (Å²) in [7, 11) is 3.36. The number of carbonyl (C=O) groups is 1. The van der Waals surface area contributed by atoms with Crippen LogP contribution in [0.4, 0.5) is 0 Å². The quantitative estimate of drug-likeness (QED) is 0.690. The second kappa shape index (κ2) is 6.10. The number of hydrogen-bond donors (Lipinski definition) is 0. The molecule has 1 aromatic carbocycles. The molecule has 0 aliphatic carbocycles. The molecule has 116 valence electrons. The van der Waals surface area contributed by atoms with Gasteiger partial charge in [-0.05, 0) is 24.3 Å². The molecule has 0 saturated carbocycles. The first kappa shape index (κ1) is 15.1. The number of methoxy groups -OCH3 is 1. The molecule has 0 radical (unpaired) electrons. The highest BCUT2D eigenvalue weighted by Gasteiger charge is 2.11. The van der Waals surface area contributed by atoms with E-state index in [1.54, 1.807) is 31.1 Å². The van der Waals surface area contributed by atoms with Gasteiger partial charge in [0.2, 0.25) is 0 Å². The van der Waals surface area contributed by atoms with Crippen molar-refractivity contribution in [2.75, 3.05) is 7.11 Å². The fourth-order valence-corrected chi connectivity index (χ4v) is 3.24. The van der Waals surface area contributed by atoms with Crippen molar-refractivity contribution in [1.82, 2.24) is 14.3 Å². The number of nitrogens with zero attached hydrogens (tertiary/aromatic N) is 4. The maximum Gasteiger partial charge on any atom is 0.300 e. The molecule has 0 N–H and O–H groups in total. The van der Waals surface area contributed by atoms with Crippen LogP contribution in [0.15, 0.2) is 35.5 Å². The Morgan fingerprint density at radius 3 is 2.96 bits per heavy atom. The number of benzene rings is 1. The van der Waals surface area contributed by atoms with E-state index in [9.17, 15) is 4.79 Å². The number of terminal acetylenes is 1. The Labute approximate surface area is 136 Å². The van der Waals surface area contributed by atoms with Crippen LogP contribution in [-0.4, -0.2) is 27.4 Å². The standard InChI is InChI=1S/C16H14N4O2S/c1-4-8-20-13-6-5-11(22-3)10-14(13)23-16(20)17-15(21)12-7-9-19(2)18-12/h1,5-7,9-10H,8H2,2-3H3. The summed E-state index contributed by atoms with van der Waals surface area (Å²) < 4.78 is 9.58. The molecule has 23 heavy (non-hydrogen) atoms. The molecule has 0 aliphatic heterocycles. The van der Waals surface area contributed by atoms with Crippen molar-refractivity contribution in [2.45, 2.75) is 6.54 Å². The Balaban J connectivity index is 2.15. The molecule has 0 aliphatic rings. The lowest BCUT2D eigenvalue weighted by molar-refractivity contribution is 0.0992. The van der Waals surface area contributed by atoms with E-state index >= 15 is 0 Å². The van der Waals surface area contributed by atoms with Crippen LogP contribution in [0.25, 0.3) is 10.2 Å². The van der Waals surface area contributed by atoms with Crippen LogP contribution in [0.3, 0.4) is 0 Å². The van der Waals surface area contributed by atoms with Crippen molar-refractivity contribution in [3.63, 3.8) is 0 Å². The lowest BCUT2D eigenvalue weighted by atomic mass is 10.3. The lowest BCUT2D eigenvalue weighted by Gasteiger charge is -2.01. The van der Waals surface area contributed by atoms with Crippen LogP contribution >= 0.6 is 11.3 Å².